The maximum absolute atomic E-state index is 13.2. The highest BCUT2D eigenvalue weighted by atomic mass is 35.5. The van der Waals surface area contributed by atoms with Crippen molar-refractivity contribution < 1.29 is 14.0 Å². The molecule has 0 aliphatic carbocycles. The fourth-order valence-electron chi connectivity index (χ4n) is 2.29. The predicted octanol–water partition coefficient (Wildman–Crippen LogP) is 1.57. The van der Waals surface area contributed by atoms with E-state index in [0.717, 1.165) is 12.3 Å². The van der Waals surface area contributed by atoms with E-state index in [4.69, 9.17) is 11.6 Å². The molecule has 0 N–H and O–H groups in total. The second kappa shape index (κ2) is 5.01. The molecule has 2 heterocycles. The lowest BCUT2D eigenvalue weighted by molar-refractivity contribution is -0.144. The third-order valence-electron chi connectivity index (χ3n) is 3.49. The molecule has 1 aliphatic heterocycles. The predicted molar refractivity (Wildman–Crippen MR) is 72.0 cm³/mol. The summed E-state index contributed by atoms with van der Waals surface area (Å²) < 4.78 is 13.2. The van der Waals surface area contributed by atoms with E-state index in [2.05, 4.69) is 4.98 Å². The minimum atomic E-state index is -1.00. The van der Waals surface area contributed by atoms with Gasteiger partial charge in [0.15, 0.2) is 0 Å². The maximum Gasteiger partial charge on any atom is 0.258 e. The van der Waals surface area contributed by atoms with E-state index in [-0.39, 0.29) is 16.6 Å². The summed E-state index contributed by atoms with van der Waals surface area (Å²) in [7, 11) is 1.68. The number of likely N-dealkylation sites (N-methyl/N-ethyl adjacent to an activating group) is 1. The molecule has 2 rings (SSSR count). The van der Waals surface area contributed by atoms with Gasteiger partial charge in [0, 0.05) is 20.1 Å². The lowest BCUT2D eigenvalue weighted by Gasteiger charge is -2.44. The molecule has 0 saturated carbocycles. The number of piperazine rings is 1. The van der Waals surface area contributed by atoms with Gasteiger partial charge in [0.25, 0.3) is 5.91 Å². The van der Waals surface area contributed by atoms with E-state index < -0.39 is 17.3 Å². The summed E-state index contributed by atoms with van der Waals surface area (Å²) in [5.41, 5.74) is -1.03. The summed E-state index contributed by atoms with van der Waals surface area (Å²) in [5.74, 6) is -1.30. The first kappa shape index (κ1) is 14.7. The zero-order valence-electron chi connectivity index (χ0n) is 11.5. The first-order valence-corrected chi connectivity index (χ1v) is 6.51. The fraction of sp³-hybridized carbons (Fsp3) is 0.462. The van der Waals surface area contributed by atoms with Crippen molar-refractivity contribution in [1.82, 2.24) is 14.8 Å². The molecule has 0 spiro atoms. The van der Waals surface area contributed by atoms with Crippen molar-refractivity contribution in [2.24, 2.45) is 0 Å². The van der Waals surface area contributed by atoms with Crippen molar-refractivity contribution in [2.45, 2.75) is 19.4 Å². The highest BCUT2D eigenvalue weighted by molar-refractivity contribution is 6.32. The molecule has 1 fully saturated rings. The minimum Gasteiger partial charge on any atom is -0.342 e. The molecular weight excluding hydrogens is 285 g/mol. The van der Waals surface area contributed by atoms with Crippen LogP contribution in [0.15, 0.2) is 12.3 Å². The third-order valence-corrected chi connectivity index (χ3v) is 3.79. The smallest absolute Gasteiger partial charge is 0.258 e. The minimum absolute atomic E-state index is 0.0305. The Labute approximate surface area is 121 Å². The van der Waals surface area contributed by atoms with Crippen LogP contribution >= 0.6 is 11.6 Å². The molecule has 1 aromatic heterocycles. The SMILES string of the molecule is CN1CCN(C(=O)c2cc(F)cnc2Cl)C(C)(C)C1=O. The summed E-state index contributed by atoms with van der Waals surface area (Å²) in [6.45, 7) is 4.10. The van der Waals surface area contributed by atoms with Crippen LogP contribution in [0.25, 0.3) is 0 Å². The monoisotopic (exact) mass is 299 g/mol. The second-order valence-corrected chi connectivity index (χ2v) is 5.59. The number of carbonyl (C=O) groups is 2. The van der Waals surface area contributed by atoms with Crippen molar-refractivity contribution in [1.29, 1.82) is 0 Å². The second-order valence-electron chi connectivity index (χ2n) is 5.23. The lowest BCUT2D eigenvalue weighted by atomic mass is 9.96. The Morgan fingerprint density at radius 1 is 1.45 bits per heavy atom. The summed E-state index contributed by atoms with van der Waals surface area (Å²) in [6, 6.07) is 1.04. The average molecular weight is 300 g/mol. The molecule has 0 unspecified atom stereocenters. The molecule has 1 saturated heterocycles. The van der Waals surface area contributed by atoms with Gasteiger partial charge in [0.05, 0.1) is 11.8 Å². The summed E-state index contributed by atoms with van der Waals surface area (Å²) in [5, 5.41) is -0.0708. The average Bonchev–Trinajstić information content (AvgIpc) is 2.38. The Balaban J connectivity index is 2.38. The number of carbonyl (C=O) groups excluding carboxylic acids is 2. The number of aromatic nitrogens is 1. The van der Waals surface area contributed by atoms with Gasteiger partial charge in [0.1, 0.15) is 16.5 Å². The van der Waals surface area contributed by atoms with Crippen molar-refractivity contribution >= 4 is 23.4 Å². The Morgan fingerprint density at radius 2 is 2.10 bits per heavy atom. The van der Waals surface area contributed by atoms with Crippen LogP contribution in [0.4, 0.5) is 4.39 Å². The molecule has 0 radical (unpaired) electrons. The van der Waals surface area contributed by atoms with E-state index in [1.165, 1.54) is 4.90 Å². The van der Waals surface area contributed by atoms with Crippen molar-refractivity contribution in [2.75, 3.05) is 20.1 Å². The normalized spacial score (nSPS) is 18.4. The molecular formula is C13H15ClFN3O2. The largest absolute Gasteiger partial charge is 0.342 e. The van der Waals surface area contributed by atoms with Crippen LogP contribution in [-0.2, 0) is 4.79 Å². The molecule has 2 amide bonds. The summed E-state index contributed by atoms with van der Waals surface area (Å²) in [4.78, 5) is 31.2. The van der Waals surface area contributed by atoms with Crippen LogP contribution in [0.3, 0.4) is 0 Å². The van der Waals surface area contributed by atoms with Gasteiger partial charge < -0.3 is 9.80 Å². The van der Waals surface area contributed by atoms with Crippen molar-refractivity contribution in [3.8, 4) is 0 Å². The van der Waals surface area contributed by atoms with Gasteiger partial charge in [-0.1, -0.05) is 11.6 Å². The number of amides is 2. The lowest BCUT2D eigenvalue weighted by Crippen LogP contribution is -2.63. The molecule has 20 heavy (non-hydrogen) atoms. The molecule has 1 aromatic rings. The van der Waals surface area contributed by atoms with Gasteiger partial charge in [-0.15, -0.1) is 0 Å². The quantitative estimate of drug-likeness (QED) is 0.740. The number of hydrogen-bond acceptors (Lipinski definition) is 3. The van der Waals surface area contributed by atoms with Gasteiger partial charge in [-0.25, -0.2) is 9.37 Å². The van der Waals surface area contributed by atoms with E-state index in [9.17, 15) is 14.0 Å². The summed E-state index contributed by atoms with van der Waals surface area (Å²) >= 11 is 5.85. The Hall–Kier alpha value is -1.69. The molecule has 5 nitrogen and oxygen atoms in total. The Bertz CT molecular complexity index is 577. The van der Waals surface area contributed by atoms with E-state index >= 15 is 0 Å². The van der Waals surface area contributed by atoms with Crippen LogP contribution in [0.2, 0.25) is 5.15 Å². The molecule has 7 heteroatoms. The molecule has 108 valence electrons. The zero-order valence-corrected chi connectivity index (χ0v) is 12.2. The third kappa shape index (κ3) is 2.35. The molecule has 1 aliphatic rings. The van der Waals surface area contributed by atoms with Crippen LogP contribution in [0.1, 0.15) is 24.2 Å². The highest BCUT2D eigenvalue weighted by Gasteiger charge is 2.43. The van der Waals surface area contributed by atoms with Crippen LogP contribution in [0, 0.1) is 5.82 Å². The van der Waals surface area contributed by atoms with Crippen molar-refractivity contribution in [3.63, 3.8) is 0 Å². The van der Waals surface area contributed by atoms with E-state index in [1.54, 1.807) is 25.8 Å². The number of halogens is 2. The van der Waals surface area contributed by atoms with Crippen LogP contribution in [0.5, 0.6) is 0 Å². The Kier molecular flexibility index (Phi) is 3.69. The van der Waals surface area contributed by atoms with Gasteiger partial charge in [-0.3, -0.25) is 9.59 Å². The number of rotatable bonds is 1. The first-order valence-electron chi connectivity index (χ1n) is 6.13. The maximum atomic E-state index is 13.2. The van der Waals surface area contributed by atoms with Gasteiger partial charge in [-0.2, -0.15) is 0 Å². The molecule has 0 atom stereocenters. The standard InChI is InChI=1S/C13H15ClFN3O2/c1-13(2)12(20)17(3)4-5-18(13)11(19)9-6-8(15)7-16-10(9)14/h6-7H,4-5H2,1-3H3. The highest BCUT2D eigenvalue weighted by Crippen LogP contribution is 2.26. The van der Waals surface area contributed by atoms with E-state index in [1.807, 2.05) is 0 Å². The number of pyridine rings is 1. The molecule has 0 bridgehead atoms. The van der Waals surface area contributed by atoms with E-state index in [0.29, 0.717) is 13.1 Å². The fourth-order valence-corrected chi connectivity index (χ4v) is 2.47. The van der Waals surface area contributed by atoms with Crippen LogP contribution < -0.4 is 0 Å². The Morgan fingerprint density at radius 3 is 2.75 bits per heavy atom. The zero-order chi connectivity index (χ0) is 15.1. The van der Waals surface area contributed by atoms with Gasteiger partial charge >= 0.3 is 0 Å². The van der Waals surface area contributed by atoms with Gasteiger partial charge in [0.2, 0.25) is 5.91 Å². The molecule has 0 aromatic carbocycles. The number of hydrogen-bond donors (Lipinski definition) is 0. The van der Waals surface area contributed by atoms with Crippen LogP contribution in [-0.4, -0.2) is 52.3 Å². The number of nitrogens with zero attached hydrogens (tertiary/aromatic N) is 3. The first-order chi connectivity index (χ1) is 9.25. The van der Waals surface area contributed by atoms with Gasteiger partial charge in [-0.05, 0) is 19.9 Å². The summed E-state index contributed by atoms with van der Waals surface area (Å²) in [6.07, 6.45) is 0.944. The topological polar surface area (TPSA) is 53.5 Å². The van der Waals surface area contributed by atoms with Crippen molar-refractivity contribution in [3.05, 3.63) is 28.8 Å².